The number of aryl methyl sites for hydroxylation is 1. The minimum Gasteiger partial charge on any atom is -0.480 e. The number of halogens is 3. The van der Waals surface area contributed by atoms with Crippen LogP contribution in [-0.4, -0.2) is 23.3 Å². The molecule has 0 amide bonds. The molecule has 1 aromatic carbocycles. The van der Waals surface area contributed by atoms with Crippen molar-refractivity contribution in [3.63, 3.8) is 0 Å². The lowest BCUT2D eigenvalue weighted by Gasteiger charge is -2.20. The number of hydrogen-bond donors (Lipinski definition) is 2. The monoisotopic (exact) mass is 262 g/mol. The second-order valence-electron chi connectivity index (χ2n) is 3.74. The van der Waals surface area contributed by atoms with Crippen molar-refractivity contribution in [3.05, 3.63) is 29.3 Å². The topological polar surface area (TPSA) is 67.8 Å². The lowest BCUT2D eigenvalue weighted by Crippen LogP contribution is -2.32. The molecular weight excluding hydrogens is 249 g/mol. The molecule has 0 heterocycles. The van der Waals surface area contributed by atoms with E-state index in [1.807, 2.05) is 0 Å². The van der Waals surface area contributed by atoms with Crippen LogP contribution >= 0.6 is 0 Å². The van der Waals surface area contributed by atoms with E-state index in [4.69, 9.17) is 15.7 Å². The highest BCUT2D eigenvalue weighted by atomic mass is 19.4. The molecule has 0 radical (unpaired) electrons. The van der Waals surface area contributed by atoms with Crippen LogP contribution in [0.25, 0.3) is 0 Å². The Morgan fingerprint density at radius 2 is 2.06 bits per heavy atom. The fourth-order valence-corrected chi connectivity index (χ4v) is 1.31. The predicted molar refractivity (Wildman–Crippen MR) is 59.8 cm³/mol. The van der Waals surface area contributed by atoms with Crippen LogP contribution in [0.15, 0.2) is 23.4 Å². The molecule has 1 rings (SSSR count). The molecule has 0 aliphatic carbocycles. The van der Waals surface area contributed by atoms with Crippen molar-refractivity contribution in [2.45, 2.75) is 26.1 Å². The van der Waals surface area contributed by atoms with Crippen LogP contribution in [-0.2, 0) is 0 Å². The fourth-order valence-electron chi connectivity index (χ4n) is 1.31. The van der Waals surface area contributed by atoms with Gasteiger partial charge in [-0.3, -0.25) is 0 Å². The maximum Gasteiger partial charge on any atom is 0.425 e. The minimum atomic E-state index is -4.48. The number of alkyl halides is 3. The maximum atomic E-state index is 12.4. The number of oxime groups is 1. The molecule has 7 heteroatoms. The smallest absolute Gasteiger partial charge is 0.425 e. The maximum absolute atomic E-state index is 12.4. The fraction of sp³-hybridized carbons (Fsp3) is 0.364. The first-order chi connectivity index (χ1) is 8.27. The highest BCUT2D eigenvalue weighted by molar-refractivity contribution is 5.99. The average Bonchev–Trinajstić information content (AvgIpc) is 2.29. The molecule has 0 fully saturated rings. The van der Waals surface area contributed by atoms with Gasteiger partial charge < -0.3 is 15.7 Å². The third-order valence-electron chi connectivity index (χ3n) is 2.35. The summed E-state index contributed by atoms with van der Waals surface area (Å²) in [5.41, 5.74) is 5.97. The second kappa shape index (κ2) is 5.16. The number of amidine groups is 1. The van der Waals surface area contributed by atoms with Gasteiger partial charge >= 0.3 is 6.18 Å². The van der Waals surface area contributed by atoms with Gasteiger partial charge in [-0.2, -0.15) is 13.2 Å². The molecule has 1 atom stereocenters. The van der Waals surface area contributed by atoms with Gasteiger partial charge in [-0.25, -0.2) is 0 Å². The number of ether oxygens (including phenoxy) is 1. The van der Waals surface area contributed by atoms with E-state index in [0.29, 0.717) is 5.56 Å². The Morgan fingerprint density at radius 3 is 2.56 bits per heavy atom. The normalized spacial score (nSPS) is 14.4. The van der Waals surface area contributed by atoms with Crippen molar-refractivity contribution < 1.29 is 23.1 Å². The molecule has 0 spiro atoms. The third kappa shape index (κ3) is 3.06. The summed E-state index contributed by atoms with van der Waals surface area (Å²) in [5, 5.41) is 11.3. The zero-order valence-corrected chi connectivity index (χ0v) is 9.82. The SMILES string of the molecule is Cc1cccc(/C(N)=N/O)c1OC(C)C(F)(F)F. The summed E-state index contributed by atoms with van der Waals surface area (Å²) in [6, 6.07) is 4.57. The van der Waals surface area contributed by atoms with Crippen LogP contribution in [0.5, 0.6) is 5.75 Å². The van der Waals surface area contributed by atoms with Crippen LogP contribution in [0.1, 0.15) is 18.1 Å². The van der Waals surface area contributed by atoms with Gasteiger partial charge in [-0.1, -0.05) is 17.3 Å². The minimum absolute atomic E-state index is 0.0439. The number of nitrogens with two attached hydrogens (primary N) is 1. The zero-order valence-electron chi connectivity index (χ0n) is 9.82. The number of para-hydroxylation sites is 1. The Labute approximate surface area is 102 Å². The number of hydrogen-bond acceptors (Lipinski definition) is 3. The van der Waals surface area contributed by atoms with Crippen LogP contribution in [0.4, 0.5) is 13.2 Å². The molecule has 0 bridgehead atoms. The van der Waals surface area contributed by atoms with Crippen LogP contribution in [0.3, 0.4) is 0 Å². The molecule has 3 N–H and O–H groups in total. The first-order valence-corrected chi connectivity index (χ1v) is 5.08. The van der Waals surface area contributed by atoms with E-state index in [1.165, 1.54) is 6.07 Å². The van der Waals surface area contributed by atoms with E-state index in [0.717, 1.165) is 6.92 Å². The molecule has 0 saturated carbocycles. The van der Waals surface area contributed by atoms with Crippen molar-refractivity contribution in [3.8, 4) is 5.75 Å². The van der Waals surface area contributed by atoms with Gasteiger partial charge in [0.15, 0.2) is 11.9 Å². The summed E-state index contributed by atoms with van der Waals surface area (Å²) in [6.45, 7) is 2.47. The molecule has 0 saturated heterocycles. The van der Waals surface area contributed by atoms with Gasteiger partial charge in [0.2, 0.25) is 0 Å². The molecule has 0 aliphatic rings. The standard InChI is InChI=1S/C11H13F3N2O2/c1-6-4-3-5-8(10(15)16-17)9(6)18-7(2)11(12,13)14/h3-5,7,17H,1-2H3,(H2,15,16). The van der Waals surface area contributed by atoms with Gasteiger partial charge in [0.1, 0.15) is 5.75 Å². The van der Waals surface area contributed by atoms with E-state index in [2.05, 4.69) is 5.16 Å². The van der Waals surface area contributed by atoms with Gasteiger partial charge in [-0.15, -0.1) is 0 Å². The molecule has 0 aliphatic heterocycles. The van der Waals surface area contributed by atoms with Crippen molar-refractivity contribution >= 4 is 5.84 Å². The average molecular weight is 262 g/mol. The van der Waals surface area contributed by atoms with E-state index >= 15 is 0 Å². The largest absolute Gasteiger partial charge is 0.480 e. The number of nitrogens with zero attached hydrogens (tertiary/aromatic N) is 1. The summed E-state index contributed by atoms with van der Waals surface area (Å²) in [4.78, 5) is 0. The Balaban J connectivity index is 3.16. The lowest BCUT2D eigenvalue weighted by atomic mass is 10.1. The Bertz CT molecular complexity index is 458. The van der Waals surface area contributed by atoms with E-state index in [1.54, 1.807) is 19.1 Å². The Hall–Kier alpha value is -1.92. The highest BCUT2D eigenvalue weighted by Crippen LogP contribution is 2.29. The Morgan fingerprint density at radius 1 is 1.44 bits per heavy atom. The summed E-state index contributed by atoms with van der Waals surface area (Å²) in [5.74, 6) is -0.347. The second-order valence-corrected chi connectivity index (χ2v) is 3.74. The summed E-state index contributed by atoms with van der Waals surface area (Å²) >= 11 is 0. The summed E-state index contributed by atoms with van der Waals surface area (Å²) in [6.07, 6.45) is -6.46. The van der Waals surface area contributed by atoms with E-state index in [-0.39, 0.29) is 17.1 Å². The van der Waals surface area contributed by atoms with Crippen molar-refractivity contribution in [1.29, 1.82) is 0 Å². The molecule has 0 aromatic heterocycles. The van der Waals surface area contributed by atoms with E-state index in [9.17, 15) is 13.2 Å². The molecule has 18 heavy (non-hydrogen) atoms. The Kier molecular flexibility index (Phi) is 4.05. The molecular formula is C11H13F3N2O2. The number of benzene rings is 1. The molecule has 1 unspecified atom stereocenters. The van der Waals surface area contributed by atoms with Crippen LogP contribution in [0.2, 0.25) is 0 Å². The third-order valence-corrected chi connectivity index (χ3v) is 2.35. The van der Waals surface area contributed by atoms with Crippen molar-refractivity contribution in [1.82, 2.24) is 0 Å². The zero-order chi connectivity index (χ0) is 13.9. The molecule has 4 nitrogen and oxygen atoms in total. The van der Waals surface area contributed by atoms with Crippen LogP contribution in [0, 0.1) is 6.92 Å². The van der Waals surface area contributed by atoms with E-state index < -0.39 is 12.3 Å². The van der Waals surface area contributed by atoms with Gasteiger partial charge in [0, 0.05) is 0 Å². The first kappa shape index (κ1) is 14.1. The first-order valence-electron chi connectivity index (χ1n) is 5.08. The highest BCUT2D eigenvalue weighted by Gasteiger charge is 2.38. The van der Waals surface area contributed by atoms with Gasteiger partial charge in [-0.05, 0) is 25.5 Å². The molecule has 1 aromatic rings. The lowest BCUT2D eigenvalue weighted by molar-refractivity contribution is -0.189. The number of rotatable bonds is 3. The molecule has 100 valence electrons. The van der Waals surface area contributed by atoms with Gasteiger partial charge in [0.05, 0.1) is 5.56 Å². The van der Waals surface area contributed by atoms with Crippen molar-refractivity contribution in [2.24, 2.45) is 10.9 Å². The predicted octanol–water partition coefficient (Wildman–Crippen LogP) is 2.42. The van der Waals surface area contributed by atoms with Crippen LogP contribution < -0.4 is 10.5 Å². The quantitative estimate of drug-likeness (QED) is 0.380. The van der Waals surface area contributed by atoms with Crippen molar-refractivity contribution in [2.75, 3.05) is 0 Å². The van der Waals surface area contributed by atoms with Gasteiger partial charge in [0.25, 0.3) is 0 Å². The summed E-state index contributed by atoms with van der Waals surface area (Å²) in [7, 11) is 0. The summed E-state index contributed by atoms with van der Waals surface area (Å²) < 4.78 is 42.2.